The second-order valence-electron chi connectivity index (χ2n) is 4.16. The molecule has 0 atom stereocenters. The lowest BCUT2D eigenvalue weighted by Crippen LogP contribution is -2.31. The first-order valence-corrected chi connectivity index (χ1v) is 7.14. The van der Waals surface area contributed by atoms with E-state index in [1.807, 2.05) is 11.8 Å². The molecule has 1 saturated carbocycles. The van der Waals surface area contributed by atoms with Crippen LogP contribution in [0.3, 0.4) is 0 Å². The predicted molar refractivity (Wildman–Crippen MR) is 66.1 cm³/mol. The molecule has 1 rings (SSSR count). The highest BCUT2D eigenvalue weighted by molar-refractivity contribution is 7.98. The highest BCUT2D eigenvalue weighted by atomic mass is 32.2. The average molecular weight is 216 g/mol. The Bertz CT molecular complexity index is 137. The molecule has 84 valence electrons. The molecule has 0 radical (unpaired) electrons. The van der Waals surface area contributed by atoms with Crippen molar-refractivity contribution < 1.29 is 0 Å². The molecule has 0 heterocycles. The fraction of sp³-hybridized carbons (Fsp3) is 1.00. The van der Waals surface area contributed by atoms with Gasteiger partial charge < -0.3 is 10.2 Å². The molecular weight excluding hydrogens is 192 g/mol. The quantitative estimate of drug-likeness (QED) is 0.592. The number of thioether (sulfide) groups is 1. The second-order valence-corrected chi connectivity index (χ2v) is 5.15. The summed E-state index contributed by atoms with van der Waals surface area (Å²) in [5, 5.41) is 3.51. The van der Waals surface area contributed by atoms with Gasteiger partial charge in [-0.05, 0) is 51.3 Å². The molecule has 1 aliphatic carbocycles. The SMILES string of the molecule is CSCCCCNCCN(C)C1CC1. The molecule has 1 aliphatic rings. The van der Waals surface area contributed by atoms with Crippen molar-refractivity contribution in [3.05, 3.63) is 0 Å². The molecule has 0 bridgehead atoms. The summed E-state index contributed by atoms with van der Waals surface area (Å²) in [6, 6.07) is 0.910. The molecule has 0 aromatic carbocycles. The van der Waals surface area contributed by atoms with E-state index >= 15 is 0 Å². The molecule has 1 fully saturated rings. The fourth-order valence-electron chi connectivity index (χ4n) is 1.57. The van der Waals surface area contributed by atoms with Gasteiger partial charge in [0.1, 0.15) is 0 Å². The minimum Gasteiger partial charge on any atom is -0.315 e. The van der Waals surface area contributed by atoms with Gasteiger partial charge in [0.05, 0.1) is 0 Å². The van der Waals surface area contributed by atoms with Crippen molar-refractivity contribution in [1.29, 1.82) is 0 Å². The van der Waals surface area contributed by atoms with E-state index in [1.165, 1.54) is 44.5 Å². The van der Waals surface area contributed by atoms with Gasteiger partial charge in [0, 0.05) is 19.1 Å². The van der Waals surface area contributed by atoms with E-state index in [9.17, 15) is 0 Å². The van der Waals surface area contributed by atoms with E-state index in [0.29, 0.717) is 0 Å². The number of likely N-dealkylation sites (N-methyl/N-ethyl adjacent to an activating group) is 1. The Morgan fingerprint density at radius 1 is 1.29 bits per heavy atom. The normalized spacial score (nSPS) is 16.5. The van der Waals surface area contributed by atoms with Crippen molar-refractivity contribution >= 4 is 11.8 Å². The summed E-state index contributed by atoms with van der Waals surface area (Å²) in [6.07, 6.45) is 7.70. The van der Waals surface area contributed by atoms with Crippen LogP contribution in [-0.4, -0.2) is 49.6 Å². The van der Waals surface area contributed by atoms with Gasteiger partial charge in [0.25, 0.3) is 0 Å². The smallest absolute Gasteiger partial charge is 0.0107 e. The summed E-state index contributed by atoms with van der Waals surface area (Å²) in [6.45, 7) is 3.57. The first-order chi connectivity index (χ1) is 6.84. The lowest BCUT2D eigenvalue weighted by atomic mass is 10.3. The first-order valence-electron chi connectivity index (χ1n) is 5.74. The van der Waals surface area contributed by atoms with Crippen LogP contribution in [0.1, 0.15) is 25.7 Å². The van der Waals surface area contributed by atoms with E-state index in [0.717, 1.165) is 12.6 Å². The van der Waals surface area contributed by atoms with Gasteiger partial charge in [-0.1, -0.05) is 0 Å². The summed E-state index contributed by atoms with van der Waals surface area (Å²) in [7, 11) is 2.24. The molecule has 0 saturated heterocycles. The van der Waals surface area contributed by atoms with E-state index in [-0.39, 0.29) is 0 Å². The van der Waals surface area contributed by atoms with Crippen LogP contribution >= 0.6 is 11.8 Å². The third-order valence-electron chi connectivity index (χ3n) is 2.76. The van der Waals surface area contributed by atoms with Crippen LogP contribution in [0.4, 0.5) is 0 Å². The van der Waals surface area contributed by atoms with Gasteiger partial charge in [0.2, 0.25) is 0 Å². The lowest BCUT2D eigenvalue weighted by molar-refractivity contribution is 0.322. The Hall–Kier alpha value is 0.270. The average Bonchev–Trinajstić information content (AvgIpc) is 2.99. The second kappa shape index (κ2) is 7.55. The number of hydrogen-bond acceptors (Lipinski definition) is 3. The van der Waals surface area contributed by atoms with E-state index in [1.54, 1.807) is 0 Å². The standard InChI is InChI=1S/C11H24N2S/c1-13(11-5-6-11)9-8-12-7-3-4-10-14-2/h11-12H,3-10H2,1-2H3. The molecule has 0 unspecified atom stereocenters. The Kier molecular flexibility index (Phi) is 6.65. The Labute approximate surface area is 92.8 Å². The summed E-state index contributed by atoms with van der Waals surface area (Å²) < 4.78 is 0. The topological polar surface area (TPSA) is 15.3 Å². The number of nitrogens with one attached hydrogen (secondary N) is 1. The molecule has 14 heavy (non-hydrogen) atoms. The van der Waals surface area contributed by atoms with Crippen LogP contribution < -0.4 is 5.32 Å². The van der Waals surface area contributed by atoms with E-state index < -0.39 is 0 Å². The fourth-order valence-corrected chi connectivity index (χ4v) is 2.07. The minimum absolute atomic E-state index is 0.910. The number of unbranched alkanes of at least 4 members (excludes halogenated alkanes) is 1. The Balaban J connectivity index is 1.75. The molecule has 0 aromatic heterocycles. The molecule has 0 amide bonds. The van der Waals surface area contributed by atoms with Gasteiger partial charge in [-0.2, -0.15) is 11.8 Å². The minimum atomic E-state index is 0.910. The number of nitrogens with zero attached hydrogens (tertiary/aromatic N) is 1. The summed E-state index contributed by atoms with van der Waals surface area (Å²) >= 11 is 1.95. The third kappa shape index (κ3) is 5.89. The van der Waals surface area contributed by atoms with Crippen molar-refractivity contribution in [3.8, 4) is 0 Å². The monoisotopic (exact) mass is 216 g/mol. The largest absolute Gasteiger partial charge is 0.315 e. The summed E-state index contributed by atoms with van der Waals surface area (Å²) in [5.74, 6) is 1.31. The predicted octanol–water partition coefficient (Wildman–Crippen LogP) is 1.81. The van der Waals surface area contributed by atoms with Crippen LogP contribution in [0.5, 0.6) is 0 Å². The maximum absolute atomic E-state index is 3.51. The zero-order chi connectivity index (χ0) is 10.2. The van der Waals surface area contributed by atoms with Crippen molar-refractivity contribution in [2.45, 2.75) is 31.7 Å². The Morgan fingerprint density at radius 2 is 2.07 bits per heavy atom. The molecule has 3 heteroatoms. The third-order valence-corrected chi connectivity index (χ3v) is 3.46. The first kappa shape index (κ1) is 12.3. The van der Waals surface area contributed by atoms with Gasteiger partial charge in [0.15, 0.2) is 0 Å². The molecule has 2 nitrogen and oxygen atoms in total. The molecule has 0 aromatic rings. The molecular formula is C11H24N2S. The lowest BCUT2D eigenvalue weighted by Gasteiger charge is -2.15. The van der Waals surface area contributed by atoms with Crippen LogP contribution in [0.2, 0.25) is 0 Å². The maximum Gasteiger partial charge on any atom is 0.0107 e. The summed E-state index contributed by atoms with van der Waals surface area (Å²) in [5.41, 5.74) is 0. The number of rotatable bonds is 9. The van der Waals surface area contributed by atoms with Crippen molar-refractivity contribution in [1.82, 2.24) is 10.2 Å². The van der Waals surface area contributed by atoms with Crippen molar-refractivity contribution in [2.75, 3.05) is 38.7 Å². The van der Waals surface area contributed by atoms with E-state index in [2.05, 4.69) is 23.5 Å². The van der Waals surface area contributed by atoms with Gasteiger partial charge in [-0.3, -0.25) is 0 Å². The Morgan fingerprint density at radius 3 is 2.71 bits per heavy atom. The zero-order valence-corrected chi connectivity index (χ0v) is 10.4. The van der Waals surface area contributed by atoms with E-state index in [4.69, 9.17) is 0 Å². The highest BCUT2D eigenvalue weighted by Gasteiger charge is 2.25. The van der Waals surface area contributed by atoms with Crippen LogP contribution in [0, 0.1) is 0 Å². The van der Waals surface area contributed by atoms with Gasteiger partial charge in [-0.25, -0.2) is 0 Å². The number of hydrogen-bond donors (Lipinski definition) is 1. The van der Waals surface area contributed by atoms with Crippen molar-refractivity contribution in [2.24, 2.45) is 0 Å². The van der Waals surface area contributed by atoms with Crippen LogP contribution in [0.25, 0.3) is 0 Å². The highest BCUT2D eigenvalue weighted by Crippen LogP contribution is 2.24. The van der Waals surface area contributed by atoms with Gasteiger partial charge >= 0.3 is 0 Å². The molecule has 1 N–H and O–H groups in total. The van der Waals surface area contributed by atoms with Crippen LogP contribution in [0.15, 0.2) is 0 Å². The molecule has 0 aliphatic heterocycles. The molecule has 0 spiro atoms. The summed E-state index contributed by atoms with van der Waals surface area (Å²) in [4.78, 5) is 2.48. The van der Waals surface area contributed by atoms with Crippen molar-refractivity contribution in [3.63, 3.8) is 0 Å². The van der Waals surface area contributed by atoms with Gasteiger partial charge in [-0.15, -0.1) is 0 Å². The van der Waals surface area contributed by atoms with Crippen LogP contribution in [-0.2, 0) is 0 Å². The maximum atomic E-state index is 3.51. The zero-order valence-electron chi connectivity index (χ0n) is 9.59.